The van der Waals surface area contributed by atoms with E-state index in [-0.39, 0.29) is 6.61 Å². The quantitative estimate of drug-likeness (QED) is 0.599. The molecule has 0 aromatic carbocycles. The number of amides is 1. The summed E-state index contributed by atoms with van der Waals surface area (Å²) in [5, 5.41) is 2.67. The predicted octanol–water partition coefficient (Wildman–Crippen LogP) is 1.52. The SMILES string of the molecule is CCCOC(=O)NC(C)(C)CCOP(O)O. The summed E-state index contributed by atoms with van der Waals surface area (Å²) < 4.78 is 9.49. The fraction of sp³-hybridized carbons (Fsp3) is 0.889. The lowest BCUT2D eigenvalue weighted by molar-refractivity contribution is 0.131. The van der Waals surface area contributed by atoms with Crippen LogP contribution in [-0.2, 0) is 9.26 Å². The Morgan fingerprint density at radius 2 is 2.00 bits per heavy atom. The lowest BCUT2D eigenvalue weighted by Crippen LogP contribution is -2.44. The topological polar surface area (TPSA) is 88.0 Å². The molecule has 0 rings (SSSR count). The van der Waals surface area contributed by atoms with Crippen molar-refractivity contribution >= 4 is 14.7 Å². The third kappa shape index (κ3) is 8.85. The molecular formula is C9H20NO5P. The van der Waals surface area contributed by atoms with Crippen molar-refractivity contribution in [3.8, 4) is 0 Å². The van der Waals surface area contributed by atoms with Gasteiger partial charge in [-0.05, 0) is 26.7 Å². The Kier molecular flexibility index (Phi) is 7.58. The smallest absolute Gasteiger partial charge is 0.407 e. The molecular weight excluding hydrogens is 233 g/mol. The summed E-state index contributed by atoms with van der Waals surface area (Å²) in [6.45, 7) is 6.08. The molecule has 0 aliphatic rings. The van der Waals surface area contributed by atoms with Crippen molar-refractivity contribution in [2.75, 3.05) is 13.2 Å². The average Bonchev–Trinajstić information content (AvgIpc) is 2.12. The zero-order valence-electron chi connectivity index (χ0n) is 9.89. The molecule has 0 bridgehead atoms. The summed E-state index contributed by atoms with van der Waals surface area (Å²) in [7, 11) is -2.33. The van der Waals surface area contributed by atoms with Crippen molar-refractivity contribution < 1.29 is 23.8 Å². The second-order valence-corrected chi connectivity index (χ2v) is 4.74. The molecule has 0 saturated carbocycles. The Morgan fingerprint density at radius 3 is 2.50 bits per heavy atom. The van der Waals surface area contributed by atoms with E-state index in [0.717, 1.165) is 6.42 Å². The van der Waals surface area contributed by atoms with E-state index in [4.69, 9.17) is 14.5 Å². The van der Waals surface area contributed by atoms with Crippen LogP contribution in [0.15, 0.2) is 0 Å². The number of carbonyl (C=O) groups is 1. The maximum Gasteiger partial charge on any atom is 0.407 e. The molecule has 0 radical (unpaired) electrons. The number of ether oxygens (including phenoxy) is 1. The van der Waals surface area contributed by atoms with Crippen molar-refractivity contribution in [2.24, 2.45) is 0 Å². The summed E-state index contributed by atoms with van der Waals surface area (Å²) in [6, 6.07) is 0. The molecule has 96 valence electrons. The molecule has 0 aromatic heterocycles. The van der Waals surface area contributed by atoms with Crippen LogP contribution in [0.5, 0.6) is 0 Å². The van der Waals surface area contributed by atoms with E-state index in [0.29, 0.717) is 13.0 Å². The van der Waals surface area contributed by atoms with Crippen LogP contribution in [0.1, 0.15) is 33.6 Å². The van der Waals surface area contributed by atoms with Crippen LogP contribution < -0.4 is 5.32 Å². The van der Waals surface area contributed by atoms with Gasteiger partial charge >= 0.3 is 14.7 Å². The molecule has 0 heterocycles. The minimum Gasteiger partial charge on any atom is -0.450 e. The summed E-state index contributed by atoms with van der Waals surface area (Å²) in [5.41, 5.74) is -0.504. The Labute approximate surface area is 96.9 Å². The third-order valence-electron chi connectivity index (χ3n) is 1.81. The molecule has 0 unspecified atom stereocenters. The first-order valence-corrected chi connectivity index (χ1v) is 6.29. The van der Waals surface area contributed by atoms with Crippen molar-refractivity contribution in [3.05, 3.63) is 0 Å². The number of rotatable bonds is 7. The van der Waals surface area contributed by atoms with Crippen LogP contribution in [0.3, 0.4) is 0 Å². The largest absolute Gasteiger partial charge is 0.450 e. The van der Waals surface area contributed by atoms with Crippen LogP contribution in [0.2, 0.25) is 0 Å². The number of nitrogens with one attached hydrogen (secondary N) is 1. The zero-order chi connectivity index (χ0) is 12.6. The number of hydrogen-bond donors (Lipinski definition) is 3. The normalized spacial score (nSPS) is 11.6. The van der Waals surface area contributed by atoms with Crippen molar-refractivity contribution in [2.45, 2.75) is 39.2 Å². The van der Waals surface area contributed by atoms with Crippen LogP contribution in [0.4, 0.5) is 4.79 Å². The van der Waals surface area contributed by atoms with Crippen molar-refractivity contribution in [3.63, 3.8) is 0 Å². The Bertz CT molecular complexity index is 210. The molecule has 1 amide bonds. The highest BCUT2D eigenvalue weighted by molar-refractivity contribution is 7.39. The molecule has 0 aromatic rings. The van der Waals surface area contributed by atoms with Gasteiger partial charge in [0.15, 0.2) is 0 Å². The Hall–Kier alpha value is -0.420. The first-order chi connectivity index (χ1) is 7.37. The van der Waals surface area contributed by atoms with E-state index in [1.807, 2.05) is 6.92 Å². The van der Waals surface area contributed by atoms with E-state index in [1.54, 1.807) is 13.8 Å². The molecule has 0 atom stereocenters. The minimum atomic E-state index is -2.33. The number of hydrogen-bond acceptors (Lipinski definition) is 5. The predicted molar refractivity (Wildman–Crippen MR) is 60.8 cm³/mol. The van der Waals surface area contributed by atoms with Crippen molar-refractivity contribution in [1.82, 2.24) is 5.32 Å². The highest BCUT2D eigenvalue weighted by atomic mass is 31.2. The van der Waals surface area contributed by atoms with Gasteiger partial charge in [-0.3, -0.25) is 0 Å². The van der Waals surface area contributed by atoms with E-state index in [1.165, 1.54) is 0 Å². The van der Waals surface area contributed by atoms with Gasteiger partial charge in [-0.1, -0.05) is 6.92 Å². The van der Waals surface area contributed by atoms with Gasteiger partial charge in [0.25, 0.3) is 0 Å². The third-order valence-corrected chi connectivity index (χ3v) is 2.23. The molecule has 7 heteroatoms. The van der Waals surface area contributed by atoms with Crippen LogP contribution in [-0.4, -0.2) is 34.6 Å². The maximum atomic E-state index is 11.2. The van der Waals surface area contributed by atoms with E-state index in [2.05, 4.69) is 9.84 Å². The first-order valence-electron chi connectivity index (χ1n) is 5.13. The fourth-order valence-corrected chi connectivity index (χ4v) is 1.21. The molecule has 16 heavy (non-hydrogen) atoms. The van der Waals surface area contributed by atoms with Crippen molar-refractivity contribution in [1.29, 1.82) is 0 Å². The zero-order valence-corrected chi connectivity index (χ0v) is 10.8. The Morgan fingerprint density at radius 1 is 1.38 bits per heavy atom. The average molecular weight is 253 g/mol. The summed E-state index contributed by atoms with van der Waals surface area (Å²) in [5.74, 6) is 0. The standard InChI is InChI=1S/C9H20NO5P/c1-4-6-14-8(11)10-9(2,3)5-7-15-16(12)13/h12-13H,4-7H2,1-3H3,(H,10,11). The number of alkyl carbamates (subject to hydrolysis) is 1. The lowest BCUT2D eigenvalue weighted by Gasteiger charge is -2.25. The van der Waals surface area contributed by atoms with E-state index < -0.39 is 20.2 Å². The van der Waals surface area contributed by atoms with E-state index in [9.17, 15) is 4.79 Å². The van der Waals surface area contributed by atoms with E-state index >= 15 is 0 Å². The maximum absolute atomic E-state index is 11.2. The molecule has 0 saturated heterocycles. The van der Waals surface area contributed by atoms with Gasteiger partial charge in [-0.15, -0.1) is 0 Å². The van der Waals surface area contributed by atoms with Gasteiger partial charge in [0.05, 0.1) is 13.2 Å². The fourth-order valence-electron chi connectivity index (χ4n) is 0.952. The summed E-state index contributed by atoms with van der Waals surface area (Å²) in [4.78, 5) is 28.3. The van der Waals surface area contributed by atoms with Gasteiger partial charge in [0, 0.05) is 5.54 Å². The minimum absolute atomic E-state index is 0.166. The van der Waals surface area contributed by atoms with Gasteiger partial charge < -0.3 is 24.4 Å². The summed E-state index contributed by atoms with van der Waals surface area (Å²) in [6.07, 6.45) is 0.770. The molecule has 0 spiro atoms. The van der Waals surface area contributed by atoms with Gasteiger partial charge in [-0.2, -0.15) is 0 Å². The lowest BCUT2D eigenvalue weighted by atomic mass is 10.0. The van der Waals surface area contributed by atoms with Gasteiger partial charge in [0.1, 0.15) is 0 Å². The second-order valence-electron chi connectivity index (χ2n) is 3.98. The second kappa shape index (κ2) is 7.79. The molecule has 6 nitrogen and oxygen atoms in total. The monoisotopic (exact) mass is 253 g/mol. The highest BCUT2D eigenvalue weighted by Gasteiger charge is 2.21. The molecule has 3 N–H and O–H groups in total. The van der Waals surface area contributed by atoms with Gasteiger partial charge in [-0.25, -0.2) is 4.79 Å². The molecule has 0 aliphatic heterocycles. The Balaban J connectivity index is 3.80. The number of carbonyl (C=O) groups excluding carboxylic acids is 1. The van der Waals surface area contributed by atoms with Gasteiger partial charge in [0.2, 0.25) is 0 Å². The van der Waals surface area contributed by atoms with Crippen LogP contribution >= 0.6 is 8.60 Å². The van der Waals surface area contributed by atoms with Crippen LogP contribution in [0.25, 0.3) is 0 Å². The summed E-state index contributed by atoms with van der Waals surface area (Å²) >= 11 is 0. The van der Waals surface area contributed by atoms with Crippen LogP contribution in [0, 0.1) is 0 Å². The molecule has 0 aliphatic carbocycles. The first kappa shape index (κ1) is 15.6. The molecule has 0 fully saturated rings. The highest BCUT2D eigenvalue weighted by Crippen LogP contribution is 2.25.